The predicted molar refractivity (Wildman–Crippen MR) is 103 cm³/mol. The van der Waals surface area contributed by atoms with E-state index in [4.69, 9.17) is 0 Å². The molecule has 1 amide bonds. The highest BCUT2D eigenvalue weighted by atomic mass is 32.1. The van der Waals surface area contributed by atoms with E-state index in [1.165, 1.54) is 21.8 Å². The second kappa shape index (κ2) is 7.16. The average Bonchev–Trinajstić information content (AvgIpc) is 3.28. The number of thiazole rings is 1. The number of carboxylic acids is 1. The normalized spacial score (nSPS) is 16.1. The molecule has 1 N–H and O–H groups in total. The Kier molecular flexibility index (Phi) is 4.68. The van der Waals surface area contributed by atoms with Gasteiger partial charge in [-0.2, -0.15) is 0 Å². The summed E-state index contributed by atoms with van der Waals surface area (Å²) >= 11 is 1.47. The van der Waals surface area contributed by atoms with Gasteiger partial charge in [0.05, 0.1) is 25.2 Å². The molecule has 1 aromatic carbocycles. The van der Waals surface area contributed by atoms with E-state index in [1.54, 1.807) is 11.5 Å². The molecule has 1 atom stereocenters. The minimum Gasteiger partial charge on any atom is -0.480 e. The van der Waals surface area contributed by atoms with Crippen molar-refractivity contribution < 1.29 is 14.7 Å². The number of benzene rings is 1. The number of fused-ring (bicyclic) bond motifs is 1. The van der Waals surface area contributed by atoms with Crippen molar-refractivity contribution in [3.63, 3.8) is 0 Å². The van der Waals surface area contributed by atoms with Gasteiger partial charge in [-0.15, -0.1) is 21.5 Å². The second-order valence-corrected chi connectivity index (χ2v) is 7.69. The zero-order chi connectivity index (χ0) is 19.8. The number of hydrogen-bond donors (Lipinski definition) is 1. The largest absolute Gasteiger partial charge is 0.480 e. The summed E-state index contributed by atoms with van der Waals surface area (Å²) in [5.74, 6) is -0.0663. The lowest BCUT2D eigenvalue weighted by atomic mass is 10.1. The molecule has 1 unspecified atom stereocenters. The summed E-state index contributed by atoms with van der Waals surface area (Å²) < 4.78 is 1.75. The third-order valence-corrected chi connectivity index (χ3v) is 5.78. The Hall–Kier alpha value is -3.07. The first-order valence-corrected chi connectivity index (χ1v) is 9.72. The number of aliphatic carboxylic acids is 1. The minimum atomic E-state index is -1.04. The first kappa shape index (κ1) is 18.3. The molecule has 4 rings (SSSR count). The third-order valence-electron chi connectivity index (χ3n) is 4.84. The average molecular weight is 397 g/mol. The summed E-state index contributed by atoms with van der Waals surface area (Å²) in [7, 11) is 0. The molecule has 1 aliphatic rings. The number of aromatic nitrogens is 4. The van der Waals surface area contributed by atoms with E-state index < -0.39 is 12.0 Å². The quantitative estimate of drug-likeness (QED) is 0.723. The van der Waals surface area contributed by atoms with Crippen molar-refractivity contribution in [1.82, 2.24) is 24.6 Å². The summed E-state index contributed by atoms with van der Waals surface area (Å²) in [6.45, 7) is 4.08. The Morgan fingerprint density at radius 1 is 1.21 bits per heavy atom. The molecule has 2 aromatic heterocycles. The van der Waals surface area contributed by atoms with Gasteiger partial charge in [-0.3, -0.25) is 4.79 Å². The lowest BCUT2D eigenvalue weighted by Crippen LogP contribution is -2.51. The Morgan fingerprint density at radius 3 is 2.68 bits per heavy atom. The first-order valence-electron chi connectivity index (χ1n) is 8.85. The van der Waals surface area contributed by atoms with Gasteiger partial charge >= 0.3 is 5.97 Å². The minimum absolute atomic E-state index is 0.0548. The van der Waals surface area contributed by atoms with Crippen LogP contribution in [-0.4, -0.2) is 47.7 Å². The molecule has 1 aliphatic heterocycles. The predicted octanol–water partition coefficient (Wildman–Crippen LogP) is 2.06. The topological polar surface area (TPSA) is 101 Å². The molecule has 0 saturated heterocycles. The van der Waals surface area contributed by atoms with Crippen LogP contribution < -0.4 is 0 Å². The van der Waals surface area contributed by atoms with Gasteiger partial charge in [0.15, 0.2) is 5.82 Å². The summed E-state index contributed by atoms with van der Waals surface area (Å²) in [4.78, 5) is 30.5. The highest BCUT2D eigenvalue weighted by molar-refractivity contribution is 7.13. The fourth-order valence-electron chi connectivity index (χ4n) is 3.26. The smallest absolute Gasteiger partial charge is 0.328 e. The molecule has 0 radical (unpaired) electrons. The summed E-state index contributed by atoms with van der Waals surface area (Å²) in [6, 6.07) is 7.10. The van der Waals surface area contributed by atoms with Crippen molar-refractivity contribution in [3.05, 3.63) is 52.6 Å². The number of aryl methyl sites for hydroxylation is 2. The maximum Gasteiger partial charge on any atom is 0.328 e. The summed E-state index contributed by atoms with van der Waals surface area (Å²) in [5, 5.41) is 20.3. The standard InChI is InChI=1S/C19H19N5O3S/c1-11-3-5-13(6-4-11)18-20-14(10-28-18)7-17(25)24-9-16-22-21-12(2)23(16)8-15(24)19(26)27/h3-6,10,15H,7-9H2,1-2H3,(H,26,27). The molecule has 9 heteroatoms. The van der Waals surface area contributed by atoms with E-state index in [0.717, 1.165) is 10.6 Å². The number of nitrogens with zero attached hydrogens (tertiary/aromatic N) is 5. The Labute approximate surface area is 165 Å². The van der Waals surface area contributed by atoms with E-state index >= 15 is 0 Å². The van der Waals surface area contributed by atoms with Crippen LogP contribution in [-0.2, 0) is 29.1 Å². The van der Waals surface area contributed by atoms with E-state index in [1.807, 2.05) is 36.6 Å². The second-order valence-electron chi connectivity index (χ2n) is 6.84. The molecule has 0 spiro atoms. The summed E-state index contributed by atoms with van der Waals surface area (Å²) in [6.07, 6.45) is 0.0548. The summed E-state index contributed by atoms with van der Waals surface area (Å²) in [5.41, 5.74) is 2.81. The zero-order valence-corrected chi connectivity index (χ0v) is 16.3. The molecular formula is C19H19N5O3S. The third kappa shape index (κ3) is 3.40. The van der Waals surface area contributed by atoms with Crippen LogP contribution >= 0.6 is 11.3 Å². The Balaban J connectivity index is 1.53. The SMILES string of the molecule is Cc1ccc(-c2nc(CC(=O)N3Cc4nnc(C)n4CC3C(=O)O)cs2)cc1. The van der Waals surface area contributed by atoms with Crippen molar-refractivity contribution in [2.75, 3.05) is 0 Å². The van der Waals surface area contributed by atoms with E-state index in [9.17, 15) is 14.7 Å². The van der Waals surface area contributed by atoms with Crippen LogP contribution in [0.2, 0.25) is 0 Å². The van der Waals surface area contributed by atoms with Crippen LogP contribution in [0.1, 0.15) is 22.9 Å². The van der Waals surface area contributed by atoms with Crippen molar-refractivity contribution in [2.45, 2.75) is 39.4 Å². The fraction of sp³-hybridized carbons (Fsp3) is 0.316. The molecule has 0 aliphatic carbocycles. The van der Waals surface area contributed by atoms with Gasteiger partial charge < -0.3 is 14.6 Å². The molecule has 144 valence electrons. The van der Waals surface area contributed by atoms with Crippen molar-refractivity contribution in [1.29, 1.82) is 0 Å². The molecule has 3 heterocycles. The molecular weight excluding hydrogens is 378 g/mol. The highest BCUT2D eigenvalue weighted by Gasteiger charge is 2.36. The van der Waals surface area contributed by atoms with Crippen LogP contribution in [0.4, 0.5) is 0 Å². The van der Waals surface area contributed by atoms with Gasteiger partial charge in [0, 0.05) is 10.9 Å². The lowest BCUT2D eigenvalue weighted by Gasteiger charge is -2.33. The van der Waals surface area contributed by atoms with Crippen molar-refractivity contribution in [2.24, 2.45) is 0 Å². The number of carbonyl (C=O) groups is 2. The maximum atomic E-state index is 12.9. The zero-order valence-electron chi connectivity index (χ0n) is 15.5. The molecule has 8 nitrogen and oxygen atoms in total. The van der Waals surface area contributed by atoms with E-state index in [-0.39, 0.29) is 25.4 Å². The van der Waals surface area contributed by atoms with Crippen LogP contribution in [0.25, 0.3) is 10.6 Å². The number of rotatable bonds is 4. The molecule has 3 aromatic rings. The van der Waals surface area contributed by atoms with Crippen LogP contribution in [0, 0.1) is 13.8 Å². The maximum absolute atomic E-state index is 12.9. The molecule has 28 heavy (non-hydrogen) atoms. The van der Waals surface area contributed by atoms with Gasteiger partial charge in [0.25, 0.3) is 0 Å². The van der Waals surface area contributed by atoms with E-state index in [0.29, 0.717) is 17.3 Å². The van der Waals surface area contributed by atoms with Crippen LogP contribution in [0.5, 0.6) is 0 Å². The van der Waals surface area contributed by atoms with Gasteiger partial charge in [0.2, 0.25) is 5.91 Å². The van der Waals surface area contributed by atoms with Crippen molar-refractivity contribution in [3.8, 4) is 10.6 Å². The van der Waals surface area contributed by atoms with Gasteiger partial charge in [-0.25, -0.2) is 9.78 Å². The van der Waals surface area contributed by atoms with E-state index in [2.05, 4.69) is 15.2 Å². The number of carboxylic acid groups (broad SMARTS) is 1. The molecule has 0 saturated carbocycles. The van der Waals surface area contributed by atoms with Crippen LogP contribution in [0.15, 0.2) is 29.6 Å². The number of carbonyl (C=O) groups excluding carboxylic acids is 1. The highest BCUT2D eigenvalue weighted by Crippen LogP contribution is 2.25. The molecule has 0 bridgehead atoms. The monoisotopic (exact) mass is 397 g/mol. The van der Waals surface area contributed by atoms with Gasteiger partial charge in [-0.1, -0.05) is 29.8 Å². The number of amides is 1. The molecule has 0 fully saturated rings. The fourth-order valence-corrected chi connectivity index (χ4v) is 4.09. The van der Waals surface area contributed by atoms with Crippen molar-refractivity contribution >= 4 is 23.2 Å². The first-order chi connectivity index (χ1) is 13.4. The Bertz CT molecular complexity index is 1040. The Morgan fingerprint density at radius 2 is 1.96 bits per heavy atom. The number of hydrogen-bond acceptors (Lipinski definition) is 6. The van der Waals surface area contributed by atoms with Gasteiger partial charge in [-0.05, 0) is 13.8 Å². The van der Waals surface area contributed by atoms with Gasteiger partial charge in [0.1, 0.15) is 16.9 Å². The lowest BCUT2D eigenvalue weighted by molar-refractivity contribution is -0.152. The van der Waals surface area contributed by atoms with Crippen LogP contribution in [0.3, 0.4) is 0 Å².